The topological polar surface area (TPSA) is 17.8 Å². The summed E-state index contributed by atoms with van der Waals surface area (Å²) in [5, 5.41) is 0. The van der Waals surface area contributed by atoms with E-state index in [9.17, 15) is 0 Å². The first-order chi connectivity index (χ1) is 8.77. The predicted octanol–water partition coefficient (Wildman–Crippen LogP) is 4.23. The first kappa shape index (κ1) is 13.8. The second-order valence-electron chi connectivity index (χ2n) is 4.31. The fourth-order valence-electron chi connectivity index (χ4n) is 2.16. The summed E-state index contributed by atoms with van der Waals surface area (Å²) >= 11 is 7.99. The van der Waals surface area contributed by atoms with Crippen molar-refractivity contribution in [3.8, 4) is 0 Å². The number of rotatable bonds is 6. The highest BCUT2D eigenvalue weighted by Crippen LogP contribution is 2.21. The number of para-hydroxylation sites is 1. The largest absolute Gasteiger partial charge is 0.327 e. The van der Waals surface area contributed by atoms with Gasteiger partial charge >= 0.3 is 0 Å². The molecule has 0 radical (unpaired) electrons. The molecule has 1 heterocycles. The quantitative estimate of drug-likeness (QED) is 0.583. The van der Waals surface area contributed by atoms with Crippen molar-refractivity contribution in [3.05, 3.63) is 29.6 Å². The Balaban J connectivity index is 2.26. The molecule has 0 saturated carbocycles. The molecule has 2 rings (SSSR count). The van der Waals surface area contributed by atoms with Crippen molar-refractivity contribution in [2.75, 3.05) is 11.5 Å². The lowest BCUT2D eigenvalue weighted by Gasteiger charge is -2.07. The third kappa shape index (κ3) is 2.83. The third-order valence-corrected chi connectivity index (χ3v) is 4.28. The molecule has 0 amide bonds. The molecule has 2 aromatic rings. The van der Waals surface area contributed by atoms with Crippen LogP contribution in [0.1, 0.15) is 24.7 Å². The Morgan fingerprint density at radius 2 is 2.22 bits per heavy atom. The molecule has 98 valence electrons. The number of halogens is 1. The number of aromatic nitrogens is 2. The summed E-state index contributed by atoms with van der Waals surface area (Å²) in [6, 6.07) is 6.33. The first-order valence-electron chi connectivity index (χ1n) is 6.36. The molecule has 1 aromatic carbocycles. The van der Waals surface area contributed by atoms with Crippen molar-refractivity contribution < 1.29 is 0 Å². The minimum absolute atomic E-state index is 0.481. The molecule has 0 aliphatic rings. The summed E-state index contributed by atoms with van der Waals surface area (Å²) in [5.41, 5.74) is 3.53. The highest BCUT2D eigenvalue weighted by molar-refractivity contribution is 7.99. The van der Waals surface area contributed by atoms with E-state index in [4.69, 9.17) is 11.6 Å². The second kappa shape index (κ2) is 6.48. The van der Waals surface area contributed by atoms with Gasteiger partial charge in [0, 0.05) is 6.54 Å². The van der Waals surface area contributed by atoms with Gasteiger partial charge in [0.05, 0.1) is 16.9 Å². The third-order valence-electron chi connectivity index (χ3n) is 3.05. The van der Waals surface area contributed by atoms with E-state index < -0.39 is 0 Å². The molecule has 0 atom stereocenters. The smallest absolute Gasteiger partial charge is 0.124 e. The number of hydrogen-bond acceptors (Lipinski definition) is 2. The number of aryl methyl sites for hydroxylation is 2. The SMILES string of the molecule is CCSCCCn1c(CCl)nc2c(C)cccc21. The van der Waals surface area contributed by atoms with Gasteiger partial charge in [-0.2, -0.15) is 11.8 Å². The molecule has 0 saturated heterocycles. The van der Waals surface area contributed by atoms with Crippen LogP contribution in [0, 0.1) is 6.92 Å². The Morgan fingerprint density at radius 3 is 2.94 bits per heavy atom. The summed E-state index contributed by atoms with van der Waals surface area (Å²) in [7, 11) is 0. The molecular weight excluding hydrogens is 264 g/mol. The molecule has 2 nitrogen and oxygen atoms in total. The van der Waals surface area contributed by atoms with Gasteiger partial charge in [-0.3, -0.25) is 0 Å². The number of fused-ring (bicyclic) bond motifs is 1. The number of nitrogens with zero attached hydrogens (tertiary/aromatic N) is 2. The van der Waals surface area contributed by atoms with Crippen LogP contribution in [0.2, 0.25) is 0 Å². The van der Waals surface area contributed by atoms with Gasteiger partial charge in [0.15, 0.2) is 0 Å². The van der Waals surface area contributed by atoms with Crippen LogP contribution in [0.15, 0.2) is 18.2 Å². The molecule has 0 bridgehead atoms. The van der Waals surface area contributed by atoms with Gasteiger partial charge in [0.25, 0.3) is 0 Å². The summed E-state index contributed by atoms with van der Waals surface area (Å²) in [4.78, 5) is 4.65. The normalized spacial score (nSPS) is 11.3. The fourth-order valence-corrected chi connectivity index (χ4v) is 2.98. The zero-order valence-corrected chi connectivity index (χ0v) is 12.5. The van der Waals surface area contributed by atoms with Gasteiger partial charge in [0.1, 0.15) is 5.82 Å². The average Bonchev–Trinajstić information content (AvgIpc) is 2.74. The summed E-state index contributed by atoms with van der Waals surface area (Å²) in [6.07, 6.45) is 1.17. The molecule has 1 aromatic heterocycles. The highest BCUT2D eigenvalue weighted by atomic mass is 35.5. The maximum absolute atomic E-state index is 6.01. The van der Waals surface area contributed by atoms with Crippen LogP contribution >= 0.6 is 23.4 Å². The second-order valence-corrected chi connectivity index (χ2v) is 5.97. The van der Waals surface area contributed by atoms with E-state index in [2.05, 4.69) is 41.6 Å². The van der Waals surface area contributed by atoms with Crippen molar-refractivity contribution >= 4 is 34.4 Å². The minimum Gasteiger partial charge on any atom is -0.327 e. The standard InChI is InChI=1S/C14H19ClN2S/c1-3-18-9-5-8-17-12-7-4-6-11(2)14(12)16-13(17)10-15/h4,6-7H,3,5,8-10H2,1-2H3. The summed E-state index contributed by atoms with van der Waals surface area (Å²) < 4.78 is 2.27. The van der Waals surface area contributed by atoms with Gasteiger partial charge in [-0.15, -0.1) is 11.6 Å². The van der Waals surface area contributed by atoms with Crippen molar-refractivity contribution in [2.24, 2.45) is 0 Å². The van der Waals surface area contributed by atoms with Gasteiger partial charge in [-0.1, -0.05) is 19.1 Å². The summed E-state index contributed by atoms with van der Waals surface area (Å²) in [5.74, 6) is 3.85. The zero-order chi connectivity index (χ0) is 13.0. The molecule has 0 fully saturated rings. The van der Waals surface area contributed by atoms with Crippen molar-refractivity contribution in [1.82, 2.24) is 9.55 Å². The van der Waals surface area contributed by atoms with Crippen molar-refractivity contribution in [1.29, 1.82) is 0 Å². The van der Waals surface area contributed by atoms with E-state index in [0.29, 0.717) is 5.88 Å². The van der Waals surface area contributed by atoms with E-state index >= 15 is 0 Å². The Morgan fingerprint density at radius 1 is 1.39 bits per heavy atom. The summed E-state index contributed by atoms with van der Waals surface area (Å²) in [6.45, 7) is 5.31. The van der Waals surface area contributed by atoms with Gasteiger partial charge < -0.3 is 4.57 Å². The van der Waals surface area contributed by atoms with Crippen LogP contribution in [0.25, 0.3) is 11.0 Å². The Labute approximate surface area is 118 Å². The van der Waals surface area contributed by atoms with E-state index in [-0.39, 0.29) is 0 Å². The number of alkyl halides is 1. The van der Waals surface area contributed by atoms with Gasteiger partial charge in [-0.25, -0.2) is 4.98 Å². The van der Waals surface area contributed by atoms with Crippen LogP contribution in [-0.4, -0.2) is 21.1 Å². The van der Waals surface area contributed by atoms with E-state index in [0.717, 1.165) is 17.9 Å². The maximum atomic E-state index is 6.01. The molecular formula is C14H19ClN2S. The van der Waals surface area contributed by atoms with E-state index in [1.54, 1.807) is 0 Å². The number of thioether (sulfide) groups is 1. The molecule has 0 N–H and O–H groups in total. The number of imidazole rings is 1. The fraction of sp³-hybridized carbons (Fsp3) is 0.500. The van der Waals surface area contributed by atoms with Crippen LogP contribution in [0.4, 0.5) is 0 Å². The zero-order valence-electron chi connectivity index (χ0n) is 10.9. The lowest BCUT2D eigenvalue weighted by Crippen LogP contribution is -2.03. The highest BCUT2D eigenvalue weighted by Gasteiger charge is 2.10. The van der Waals surface area contributed by atoms with Crippen LogP contribution < -0.4 is 0 Å². The lowest BCUT2D eigenvalue weighted by atomic mass is 10.2. The van der Waals surface area contributed by atoms with Gasteiger partial charge in [-0.05, 0) is 36.5 Å². The first-order valence-corrected chi connectivity index (χ1v) is 8.05. The van der Waals surface area contributed by atoms with Crippen molar-refractivity contribution in [2.45, 2.75) is 32.7 Å². The van der Waals surface area contributed by atoms with Crippen LogP contribution in [-0.2, 0) is 12.4 Å². The van der Waals surface area contributed by atoms with E-state index in [1.807, 2.05) is 11.8 Å². The van der Waals surface area contributed by atoms with Gasteiger partial charge in [0.2, 0.25) is 0 Å². The molecule has 18 heavy (non-hydrogen) atoms. The average molecular weight is 283 g/mol. The van der Waals surface area contributed by atoms with Crippen LogP contribution in [0.3, 0.4) is 0 Å². The predicted molar refractivity (Wildman–Crippen MR) is 81.6 cm³/mol. The lowest BCUT2D eigenvalue weighted by molar-refractivity contribution is 0.676. The van der Waals surface area contributed by atoms with Crippen LogP contribution in [0.5, 0.6) is 0 Å². The Hall–Kier alpha value is -0.670. The monoisotopic (exact) mass is 282 g/mol. The molecule has 0 aliphatic heterocycles. The Bertz CT molecular complexity index is 522. The molecule has 0 spiro atoms. The molecule has 0 unspecified atom stereocenters. The molecule has 0 aliphatic carbocycles. The maximum Gasteiger partial charge on any atom is 0.124 e. The van der Waals surface area contributed by atoms with Crippen molar-refractivity contribution in [3.63, 3.8) is 0 Å². The van der Waals surface area contributed by atoms with E-state index in [1.165, 1.54) is 29.0 Å². The molecule has 4 heteroatoms. The number of hydrogen-bond donors (Lipinski definition) is 0. The number of benzene rings is 1. The Kier molecular flexibility index (Phi) is 4.95. The minimum atomic E-state index is 0.481.